The van der Waals surface area contributed by atoms with Crippen LogP contribution in [0, 0.1) is 0 Å². The number of hydrogen-bond acceptors (Lipinski definition) is 6. The summed E-state index contributed by atoms with van der Waals surface area (Å²) >= 11 is 0. The average molecular weight is 504 g/mol. The second-order valence-corrected chi connectivity index (χ2v) is 6.17. The minimum absolute atomic E-state index is 0. The van der Waals surface area contributed by atoms with E-state index in [1.807, 2.05) is 12.1 Å². The van der Waals surface area contributed by atoms with E-state index in [1.165, 1.54) is 0 Å². The maximum absolute atomic E-state index is 5.45. The van der Waals surface area contributed by atoms with Gasteiger partial charge in [-0.15, -0.1) is 24.0 Å². The number of halogens is 1. The highest BCUT2D eigenvalue weighted by atomic mass is 127. The topological polar surface area (TPSA) is 90.1 Å². The molecule has 0 aliphatic rings. The fraction of sp³-hybridized carbons (Fsp3) is 0.474. The van der Waals surface area contributed by atoms with Crippen LogP contribution in [0.3, 0.4) is 0 Å². The van der Waals surface area contributed by atoms with E-state index in [9.17, 15) is 0 Å². The van der Waals surface area contributed by atoms with Gasteiger partial charge in [-0.05, 0) is 12.0 Å². The van der Waals surface area contributed by atoms with Crippen molar-refractivity contribution in [2.45, 2.75) is 32.9 Å². The van der Waals surface area contributed by atoms with E-state index in [2.05, 4.69) is 34.6 Å². The third-order valence-corrected chi connectivity index (χ3v) is 4.06. The van der Waals surface area contributed by atoms with Crippen LogP contribution in [0.4, 0.5) is 0 Å². The molecule has 0 bridgehead atoms. The minimum atomic E-state index is 0. The molecule has 0 spiro atoms. The van der Waals surface area contributed by atoms with E-state index in [4.69, 9.17) is 18.7 Å². The van der Waals surface area contributed by atoms with E-state index in [0.717, 1.165) is 17.0 Å². The first-order valence-corrected chi connectivity index (χ1v) is 8.71. The Morgan fingerprint density at radius 1 is 1.00 bits per heavy atom. The number of aliphatic imine (C=N–C) groups is 1. The van der Waals surface area contributed by atoms with Crippen molar-refractivity contribution in [3.05, 3.63) is 35.2 Å². The number of nitrogens with zero attached hydrogens (tertiary/aromatic N) is 2. The first-order chi connectivity index (χ1) is 13.0. The van der Waals surface area contributed by atoms with Gasteiger partial charge in [-0.25, -0.2) is 0 Å². The van der Waals surface area contributed by atoms with Gasteiger partial charge in [0.25, 0.3) is 0 Å². The summed E-state index contributed by atoms with van der Waals surface area (Å²) in [7, 11) is 6.52. The summed E-state index contributed by atoms with van der Waals surface area (Å²) in [4.78, 5) is 4.23. The lowest BCUT2D eigenvalue weighted by atomic mass is 10.1. The molecule has 2 rings (SSSR count). The lowest BCUT2D eigenvalue weighted by Gasteiger charge is -2.16. The fourth-order valence-electron chi connectivity index (χ4n) is 2.49. The molecule has 8 nitrogen and oxygen atoms in total. The number of ether oxygens (including phenoxy) is 3. The molecule has 0 fully saturated rings. The Labute approximate surface area is 183 Å². The SMILES string of the molecule is CN=C(NCc1cc(C(C)C)no1)NCc1cc(OC)c(OC)cc1OC.I. The van der Waals surface area contributed by atoms with Crippen molar-refractivity contribution in [1.29, 1.82) is 0 Å². The third-order valence-electron chi connectivity index (χ3n) is 4.06. The van der Waals surface area contributed by atoms with Gasteiger partial charge in [0.1, 0.15) is 5.75 Å². The maximum Gasteiger partial charge on any atom is 0.191 e. The normalized spacial score (nSPS) is 11.0. The van der Waals surface area contributed by atoms with Crippen LogP contribution in [0.25, 0.3) is 0 Å². The number of benzene rings is 1. The Morgan fingerprint density at radius 2 is 1.61 bits per heavy atom. The lowest BCUT2D eigenvalue weighted by molar-refractivity contribution is 0.347. The molecule has 0 saturated carbocycles. The van der Waals surface area contributed by atoms with Gasteiger partial charge < -0.3 is 29.4 Å². The standard InChI is InChI=1S/C19H28N4O4.HI/c1-12(2)15-8-14(27-23-15)11-22-19(20-3)21-10-13-7-17(25-5)18(26-6)9-16(13)24-4;/h7-9,12H,10-11H2,1-6H3,(H2,20,21,22);1H. The second kappa shape index (κ2) is 11.6. The molecule has 2 N–H and O–H groups in total. The number of aromatic nitrogens is 1. The van der Waals surface area contributed by atoms with Gasteiger partial charge in [0.05, 0.1) is 33.6 Å². The first-order valence-electron chi connectivity index (χ1n) is 8.71. The molecule has 0 saturated heterocycles. The molecule has 1 heterocycles. The molecule has 0 unspecified atom stereocenters. The molecular weight excluding hydrogens is 475 g/mol. The van der Waals surface area contributed by atoms with Crippen molar-refractivity contribution in [2.75, 3.05) is 28.4 Å². The molecule has 9 heteroatoms. The number of rotatable bonds is 8. The Morgan fingerprint density at radius 3 is 2.14 bits per heavy atom. The molecule has 156 valence electrons. The molecule has 0 amide bonds. The van der Waals surface area contributed by atoms with Gasteiger partial charge in [0.15, 0.2) is 23.2 Å². The van der Waals surface area contributed by atoms with Gasteiger partial charge in [-0.2, -0.15) is 0 Å². The van der Waals surface area contributed by atoms with Crippen LogP contribution >= 0.6 is 24.0 Å². The maximum atomic E-state index is 5.45. The Bertz CT molecular complexity index is 777. The van der Waals surface area contributed by atoms with E-state index in [-0.39, 0.29) is 24.0 Å². The van der Waals surface area contributed by atoms with E-state index in [0.29, 0.717) is 42.2 Å². The van der Waals surface area contributed by atoms with Crippen molar-refractivity contribution in [3.63, 3.8) is 0 Å². The molecule has 1 aromatic heterocycles. The van der Waals surface area contributed by atoms with Gasteiger partial charge >= 0.3 is 0 Å². The lowest BCUT2D eigenvalue weighted by Crippen LogP contribution is -2.36. The summed E-state index contributed by atoms with van der Waals surface area (Å²) in [6.45, 7) is 5.14. The highest BCUT2D eigenvalue weighted by Gasteiger charge is 2.13. The largest absolute Gasteiger partial charge is 0.496 e. The highest BCUT2D eigenvalue weighted by molar-refractivity contribution is 14.0. The number of guanidine groups is 1. The summed E-state index contributed by atoms with van der Waals surface area (Å²) in [5, 5.41) is 10.5. The Balaban J connectivity index is 0.00000392. The van der Waals surface area contributed by atoms with Crippen molar-refractivity contribution in [1.82, 2.24) is 15.8 Å². The number of nitrogens with one attached hydrogen (secondary N) is 2. The zero-order valence-corrected chi connectivity index (χ0v) is 19.5. The van der Waals surface area contributed by atoms with E-state index >= 15 is 0 Å². The van der Waals surface area contributed by atoms with Crippen LogP contribution in [0.15, 0.2) is 27.7 Å². The summed E-state index contributed by atoms with van der Waals surface area (Å²) in [5.41, 5.74) is 1.85. The Hall–Kier alpha value is -2.17. The highest BCUT2D eigenvalue weighted by Crippen LogP contribution is 2.34. The molecule has 0 aliphatic carbocycles. The van der Waals surface area contributed by atoms with Gasteiger partial charge in [0, 0.05) is 31.3 Å². The van der Waals surface area contributed by atoms with Crippen LogP contribution in [-0.4, -0.2) is 39.5 Å². The molecule has 28 heavy (non-hydrogen) atoms. The van der Waals surface area contributed by atoms with Crippen molar-refractivity contribution >= 4 is 29.9 Å². The third kappa shape index (κ3) is 6.18. The van der Waals surface area contributed by atoms with Crippen LogP contribution in [-0.2, 0) is 13.1 Å². The second-order valence-electron chi connectivity index (χ2n) is 6.17. The molecule has 0 aliphatic heterocycles. The Kier molecular flexibility index (Phi) is 9.91. The van der Waals surface area contributed by atoms with Crippen LogP contribution < -0.4 is 24.8 Å². The van der Waals surface area contributed by atoms with Crippen molar-refractivity contribution in [2.24, 2.45) is 4.99 Å². The average Bonchev–Trinajstić information content (AvgIpc) is 3.16. The number of methoxy groups -OCH3 is 3. The van der Waals surface area contributed by atoms with E-state index in [1.54, 1.807) is 34.4 Å². The predicted octanol–water partition coefficient (Wildman–Crippen LogP) is 3.31. The van der Waals surface area contributed by atoms with Crippen LogP contribution in [0.5, 0.6) is 17.2 Å². The summed E-state index contributed by atoms with van der Waals surface area (Å²) < 4.78 is 21.5. The zero-order valence-electron chi connectivity index (χ0n) is 17.2. The van der Waals surface area contributed by atoms with Gasteiger partial charge in [0.2, 0.25) is 0 Å². The summed E-state index contributed by atoms with van der Waals surface area (Å²) in [6, 6.07) is 5.62. The molecule has 1 aromatic carbocycles. The summed E-state index contributed by atoms with van der Waals surface area (Å²) in [6.07, 6.45) is 0. The number of hydrogen-bond donors (Lipinski definition) is 2. The smallest absolute Gasteiger partial charge is 0.191 e. The zero-order chi connectivity index (χ0) is 19.8. The van der Waals surface area contributed by atoms with Crippen LogP contribution in [0.2, 0.25) is 0 Å². The van der Waals surface area contributed by atoms with Gasteiger partial charge in [-0.3, -0.25) is 4.99 Å². The first kappa shape index (κ1) is 23.9. The van der Waals surface area contributed by atoms with Crippen molar-refractivity contribution < 1.29 is 18.7 Å². The van der Waals surface area contributed by atoms with E-state index < -0.39 is 0 Å². The fourth-order valence-corrected chi connectivity index (χ4v) is 2.49. The quantitative estimate of drug-likeness (QED) is 0.324. The van der Waals surface area contributed by atoms with Crippen molar-refractivity contribution in [3.8, 4) is 17.2 Å². The summed E-state index contributed by atoms with van der Waals surface area (Å²) in [5.74, 6) is 3.68. The monoisotopic (exact) mass is 504 g/mol. The minimum Gasteiger partial charge on any atom is -0.496 e. The van der Waals surface area contributed by atoms with Crippen LogP contribution in [0.1, 0.15) is 36.8 Å². The van der Waals surface area contributed by atoms with Gasteiger partial charge in [-0.1, -0.05) is 19.0 Å². The molecule has 2 aromatic rings. The predicted molar refractivity (Wildman–Crippen MR) is 119 cm³/mol. The molecule has 0 radical (unpaired) electrons. The molecular formula is C19H29IN4O4. The molecule has 0 atom stereocenters.